The van der Waals surface area contributed by atoms with Crippen LogP contribution in [0.25, 0.3) is 0 Å². The predicted octanol–water partition coefficient (Wildman–Crippen LogP) is 1.70. The highest BCUT2D eigenvalue weighted by Crippen LogP contribution is 2.34. The quantitative estimate of drug-likeness (QED) is 0.655. The number of nitro benzene ring substituents is 1. The van der Waals surface area contributed by atoms with Gasteiger partial charge >= 0.3 is 0 Å². The molecule has 2 rings (SSSR count). The lowest BCUT2D eigenvalue weighted by atomic mass is 10.2. The molecule has 0 bridgehead atoms. The van der Waals surface area contributed by atoms with E-state index in [1.807, 2.05) is 0 Å². The summed E-state index contributed by atoms with van der Waals surface area (Å²) in [6.45, 7) is 2.07. The summed E-state index contributed by atoms with van der Waals surface area (Å²) in [6, 6.07) is 2.37. The van der Waals surface area contributed by atoms with Gasteiger partial charge < -0.3 is 5.73 Å². The van der Waals surface area contributed by atoms with Crippen molar-refractivity contribution >= 4 is 39.7 Å². The Hall–Kier alpha value is -0.930. The number of halogens is 2. The standard InChI is InChI=1S/C11H14ClN3O4S.ClH/c1-7-4-9(15(16)17)11(12)10(5-7)20(18,19)14-3-2-8(13)6-14;/h4-5,8H,2-3,6,13H2,1H3;1H/t8-;/m1./s1. The van der Waals surface area contributed by atoms with Crippen molar-refractivity contribution in [2.24, 2.45) is 5.73 Å². The maximum Gasteiger partial charge on any atom is 0.289 e. The lowest BCUT2D eigenvalue weighted by Gasteiger charge is -2.17. The Kier molecular flexibility index (Phi) is 5.57. The van der Waals surface area contributed by atoms with Crippen LogP contribution in [0.2, 0.25) is 5.02 Å². The van der Waals surface area contributed by atoms with Crippen molar-refractivity contribution in [3.8, 4) is 0 Å². The number of rotatable bonds is 3. The number of nitro groups is 1. The number of aryl methyl sites for hydroxylation is 1. The first-order chi connectivity index (χ1) is 9.23. The lowest BCUT2D eigenvalue weighted by molar-refractivity contribution is -0.385. The van der Waals surface area contributed by atoms with Crippen LogP contribution in [0.1, 0.15) is 12.0 Å². The van der Waals surface area contributed by atoms with Gasteiger partial charge in [0.05, 0.1) is 4.92 Å². The topological polar surface area (TPSA) is 107 Å². The molecule has 1 aromatic rings. The smallest absolute Gasteiger partial charge is 0.289 e. The van der Waals surface area contributed by atoms with Crippen LogP contribution in [0, 0.1) is 17.0 Å². The zero-order valence-corrected chi connectivity index (χ0v) is 13.5. The summed E-state index contributed by atoms with van der Waals surface area (Å²) in [5.74, 6) is 0. The maximum atomic E-state index is 12.5. The van der Waals surface area contributed by atoms with Crippen LogP contribution in [0.5, 0.6) is 0 Å². The van der Waals surface area contributed by atoms with Gasteiger partial charge in [-0.3, -0.25) is 10.1 Å². The van der Waals surface area contributed by atoms with E-state index in [2.05, 4.69) is 0 Å². The second kappa shape index (κ2) is 6.45. The van der Waals surface area contributed by atoms with E-state index < -0.39 is 20.6 Å². The molecule has 2 N–H and O–H groups in total. The van der Waals surface area contributed by atoms with Gasteiger partial charge in [0.1, 0.15) is 9.92 Å². The Morgan fingerprint density at radius 1 is 1.48 bits per heavy atom. The van der Waals surface area contributed by atoms with E-state index in [0.29, 0.717) is 18.5 Å². The van der Waals surface area contributed by atoms with Crippen LogP contribution in [-0.2, 0) is 10.0 Å². The molecule has 1 aromatic carbocycles. The van der Waals surface area contributed by atoms with Crippen LogP contribution in [-0.4, -0.2) is 36.8 Å². The van der Waals surface area contributed by atoms with E-state index in [0.717, 1.165) is 0 Å². The molecule has 1 fully saturated rings. The van der Waals surface area contributed by atoms with E-state index in [1.165, 1.54) is 16.4 Å². The number of hydrogen-bond donors (Lipinski definition) is 1. The maximum absolute atomic E-state index is 12.5. The molecule has 1 aliphatic rings. The van der Waals surface area contributed by atoms with Crippen LogP contribution >= 0.6 is 24.0 Å². The van der Waals surface area contributed by atoms with Crippen molar-refractivity contribution in [3.63, 3.8) is 0 Å². The van der Waals surface area contributed by atoms with Gasteiger partial charge in [-0.25, -0.2) is 8.42 Å². The van der Waals surface area contributed by atoms with Crippen LogP contribution < -0.4 is 5.73 Å². The van der Waals surface area contributed by atoms with Crippen molar-refractivity contribution in [3.05, 3.63) is 32.8 Å². The van der Waals surface area contributed by atoms with Gasteiger partial charge in [0.2, 0.25) is 10.0 Å². The van der Waals surface area contributed by atoms with E-state index >= 15 is 0 Å². The first kappa shape index (κ1) is 18.1. The highest BCUT2D eigenvalue weighted by molar-refractivity contribution is 7.89. The number of hydrogen-bond acceptors (Lipinski definition) is 5. The second-order valence-electron chi connectivity index (χ2n) is 4.77. The molecule has 118 valence electrons. The van der Waals surface area contributed by atoms with Gasteiger partial charge in [-0.1, -0.05) is 11.6 Å². The molecular formula is C11H15Cl2N3O4S. The molecule has 0 unspecified atom stereocenters. The summed E-state index contributed by atoms with van der Waals surface area (Å²) in [6.07, 6.45) is 0.560. The summed E-state index contributed by atoms with van der Waals surface area (Å²) in [5, 5.41) is 10.6. The zero-order chi connectivity index (χ0) is 15.1. The van der Waals surface area contributed by atoms with Crippen LogP contribution in [0.3, 0.4) is 0 Å². The van der Waals surface area contributed by atoms with Gasteiger partial charge in [-0.15, -0.1) is 12.4 Å². The lowest BCUT2D eigenvalue weighted by Crippen LogP contribution is -2.32. The molecule has 0 saturated carbocycles. The normalized spacial score (nSPS) is 19.3. The molecule has 0 aromatic heterocycles. The first-order valence-electron chi connectivity index (χ1n) is 5.93. The van der Waals surface area contributed by atoms with Gasteiger partial charge in [0.15, 0.2) is 0 Å². The molecule has 10 heteroatoms. The second-order valence-corrected chi connectivity index (χ2v) is 7.05. The molecule has 1 heterocycles. The fraction of sp³-hybridized carbons (Fsp3) is 0.455. The van der Waals surface area contributed by atoms with Crippen LogP contribution in [0.4, 0.5) is 5.69 Å². The van der Waals surface area contributed by atoms with Crippen LogP contribution in [0.15, 0.2) is 17.0 Å². The van der Waals surface area contributed by atoms with Crippen molar-refractivity contribution in [2.45, 2.75) is 24.3 Å². The minimum atomic E-state index is -3.86. The predicted molar refractivity (Wildman–Crippen MR) is 81.4 cm³/mol. The highest BCUT2D eigenvalue weighted by Gasteiger charge is 2.34. The van der Waals surface area contributed by atoms with E-state index in [4.69, 9.17) is 17.3 Å². The van der Waals surface area contributed by atoms with Crippen molar-refractivity contribution in [1.29, 1.82) is 0 Å². The third kappa shape index (κ3) is 3.46. The molecule has 1 aliphatic heterocycles. The number of nitrogens with two attached hydrogens (primary N) is 1. The molecule has 7 nitrogen and oxygen atoms in total. The van der Waals surface area contributed by atoms with E-state index in [1.54, 1.807) is 6.92 Å². The first-order valence-corrected chi connectivity index (χ1v) is 7.75. The van der Waals surface area contributed by atoms with E-state index in [-0.39, 0.29) is 34.9 Å². The van der Waals surface area contributed by atoms with Gasteiger partial charge in [0, 0.05) is 25.2 Å². The van der Waals surface area contributed by atoms with Gasteiger partial charge in [0.25, 0.3) is 5.69 Å². The van der Waals surface area contributed by atoms with Gasteiger partial charge in [-0.2, -0.15) is 4.31 Å². The largest absolute Gasteiger partial charge is 0.326 e. The Bertz CT molecular complexity index is 666. The third-order valence-electron chi connectivity index (χ3n) is 3.17. The molecule has 21 heavy (non-hydrogen) atoms. The third-order valence-corrected chi connectivity index (χ3v) is 5.56. The fourth-order valence-corrected chi connectivity index (χ4v) is 4.30. The van der Waals surface area contributed by atoms with Crippen molar-refractivity contribution in [1.82, 2.24) is 4.31 Å². The summed E-state index contributed by atoms with van der Waals surface area (Å²) in [5.41, 5.74) is 5.75. The number of sulfonamides is 1. The molecule has 1 atom stereocenters. The van der Waals surface area contributed by atoms with Crippen molar-refractivity contribution < 1.29 is 13.3 Å². The number of benzene rings is 1. The summed E-state index contributed by atoms with van der Waals surface area (Å²) in [4.78, 5) is 9.99. The average molecular weight is 356 g/mol. The minimum absolute atomic E-state index is 0. The molecule has 0 amide bonds. The van der Waals surface area contributed by atoms with Crippen molar-refractivity contribution in [2.75, 3.05) is 13.1 Å². The molecule has 0 spiro atoms. The van der Waals surface area contributed by atoms with Gasteiger partial charge in [-0.05, 0) is 25.0 Å². The highest BCUT2D eigenvalue weighted by atomic mass is 35.5. The SMILES string of the molecule is Cc1cc([N+](=O)[O-])c(Cl)c(S(=O)(=O)N2CC[C@@H](N)C2)c1.Cl. The average Bonchev–Trinajstić information content (AvgIpc) is 2.78. The summed E-state index contributed by atoms with van der Waals surface area (Å²) >= 11 is 5.90. The molecule has 1 saturated heterocycles. The summed E-state index contributed by atoms with van der Waals surface area (Å²) in [7, 11) is -3.86. The Morgan fingerprint density at radius 3 is 2.57 bits per heavy atom. The number of nitrogens with zero attached hydrogens (tertiary/aromatic N) is 2. The molecule has 0 radical (unpaired) electrons. The summed E-state index contributed by atoms with van der Waals surface area (Å²) < 4.78 is 26.2. The van der Waals surface area contributed by atoms with E-state index in [9.17, 15) is 18.5 Å². The minimum Gasteiger partial charge on any atom is -0.326 e. The Labute approximate surface area is 133 Å². The Balaban J connectivity index is 0.00000220. The molecule has 0 aliphatic carbocycles. The monoisotopic (exact) mass is 355 g/mol. The zero-order valence-electron chi connectivity index (χ0n) is 11.2. The fourth-order valence-electron chi connectivity index (χ4n) is 2.15. The Morgan fingerprint density at radius 2 is 2.10 bits per heavy atom. The molecular weight excluding hydrogens is 341 g/mol.